The fourth-order valence-corrected chi connectivity index (χ4v) is 4.91. The monoisotopic (exact) mass is 610 g/mol. The molecule has 1 heterocycles. The van der Waals surface area contributed by atoms with Gasteiger partial charge in [-0.2, -0.15) is 13.2 Å². The lowest BCUT2D eigenvalue weighted by atomic mass is 9.83. The molecule has 0 bridgehead atoms. The molecule has 1 fully saturated rings. The first-order valence-corrected chi connectivity index (χ1v) is 14.6. The van der Waals surface area contributed by atoms with Crippen LogP contribution in [0.4, 0.5) is 18.9 Å². The molecule has 0 saturated carbocycles. The number of benzene rings is 3. The van der Waals surface area contributed by atoms with Gasteiger partial charge in [0.2, 0.25) is 6.29 Å². The van der Waals surface area contributed by atoms with E-state index in [1.54, 1.807) is 18.2 Å². The van der Waals surface area contributed by atoms with Crippen molar-refractivity contribution in [3.8, 4) is 0 Å². The Hall–Kier alpha value is -3.89. The van der Waals surface area contributed by atoms with Gasteiger partial charge in [-0.05, 0) is 59.0 Å². The second-order valence-corrected chi connectivity index (χ2v) is 10.7. The van der Waals surface area contributed by atoms with Gasteiger partial charge < -0.3 is 18.9 Å². The number of azide groups is 1. The first-order valence-electron chi connectivity index (χ1n) is 14.6. The predicted molar refractivity (Wildman–Crippen MR) is 161 cm³/mol. The Balaban J connectivity index is 1.43. The molecule has 1 aliphatic heterocycles. The quantitative estimate of drug-likeness (QED) is 0.0489. The number of nitrogens with zero attached hydrogens (tertiary/aromatic N) is 4. The zero-order chi connectivity index (χ0) is 31.4. The number of ether oxygens (including phenoxy) is 4. The predicted octanol–water partition coefficient (Wildman–Crippen LogP) is 7.99. The summed E-state index contributed by atoms with van der Waals surface area (Å²) >= 11 is 0. The van der Waals surface area contributed by atoms with E-state index in [0.29, 0.717) is 26.0 Å². The van der Waals surface area contributed by atoms with E-state index in [4.69, 9.17) is 24.5 Å². The normalized spacial score (nSPS) is 22.3. The summed E-state index contributed by atoms with van der Waals surface area (Å²) in [7, 11) is 0. The standard InChI is InChI=1S/C33H37F3N4O4/c1-23-24(2)30(42-21-27-9-5-3-6-10-27)31(44-32(33(34,35)36)39-28-11-7-4-8-12-28)43-29(23)22-41-20-18-26-15-13-25(14-16-26)17-19-38-40-37/h3-16,23-24,29-31H,17-22H2,1-2H3/t23-,24-,29?,30?,31-/m0/s1. The second kappa shape index (κ2) is 16.3. The molecule has 44 heavy (non-hydrogen) atoms. The maximum absolute atomic E-state index is 14.1. The van der Waals surface area contributed by atoms with Gasteiger partial charge in [0.25, 0.3) is 5.90 Å². The lowest BCUT2D eigenvalue weighted by molar-refractivity contribution is -0.271. The van der Waals surface area contributed by atoms with Crippen LogP contribution in [0.25, 0.3) is 10.4 Å². The summed E-state index contributed by atoms with van der Waals surface area (Å²) < 4.78 is 66.2. The number of rotatable bonds is 13. The average Bonchev–Trinajstić information content (AvgIpc) is 3.02. The van der Waals surface area contributed by atoms with Crippen LogP contribution >= 0.6 is 0 Å². The van der Waals surface area contributed by atoms with Crippen molar-refractivity contribution in [1.29, 1.82) is 0 Å². The van der Waals surface area contributed by atoms with Crippen molar-refractivity contribution < 1.29 is 32.1 Å². The van der Waals surface area contributed by atoms with Crippen molar-refractivity contribution >= 4 is 11.6 Å². The van der Waals surface area contributed by atoms with E-state index in [0.717, 1.165) is 16.7 Å². The van der Waals surface area contributed by atoms with Crippen molar-refractivity contribution in [2.45, 2.75) is 58.0 Å². The van der Waals surface area contributed by atoms with Crippen LogP contribution in [0.1, 0.15) is 30.5 Å². The highest BCUT2D eigenvalue weighted by atomic mass is 19.4. The van der Waals surface area contributed by atoms with Gasteiger partial charge in [-0.25, -0.2) is 4.99 Å². The summed E-state index contributed by atoms with van der Waals surface area (Å²) in [5, 5.41) is 3.56. The van der Waals surface area contributed by atoms with E-state index in [2.05, 4.69) is 15.0 Å². The van der Waals surface area contributed by atoms with E-state index in [1.165, 1.54) is 12.1 Å². The maximum atomic E-state index is 14.1. The van der Waals surface area contributed by atoms with E-state index >= 15 is 0 Å². The van der Waals surface area contributed by atoms with Gasteiger partial charge >= 0.3 is 6.18 Å². The Morgan fingerprint density at radius 1 is 0.864 bits per heavy atom. The van der Waals surface area contributed by atoms with Gasteiger partial charge in [0.1, 0.15) is 6.10 Å². The average molecular weight is 611 g/mol. The fourth-order valence-electron chi connectivity index (χ4n) is 4.91. The smallest absolute Gasteiger partial charge is 0.441 e. The number of aliphatic imine (C=N–C) groups is 1. The molecule has 0 aromatic heterocycles. The van der Waals surface area contributed by atoms with Crippen molar-refractivity contribution in [2.24, 2.45) is 21.9 Å². The molecule has 3 aromatic rings. The molecule has 5 atom stereocenters. The SMILES string of the molecule is C[C@@H]1C(COCCc2ccc(CCN=[N+]=[N-])cc2)O[C@@H](OC(=Nc2ccccc2)C(F)(F)F)C(OCc2ccccc2)[C@H]1C. The summed E-state index contributed by atoms with van der Waals surface area (Å²) in [6, 6.07) is 25.2. The minimum atomic E-state index is -4.85. The number of para-hydroxylation sites is 1. The molecule has 8 nitrogen and oxygen atoms in total. The molecule has 0 radical (unpaired) electrons. The highest BCUT2D eigenvalue weighted by Crippen LogP contribution is 2.36. The van der Waals surface area contributed by atoms with Crippen molar-refractivity contribution in [1.82, 2.24) is 0 Å². The Morgan fingerprint density at radius 3 is 2.14 bits per heavy atom. The van der Waals surface area contributed by atoms with E-state index in [1.807, 2.05) is 68.4 Å². The number of alkyl halides is 3. The fraction of sp³-hybridized carbons (Fsp3) is 0.424. The van der Waals surface area contributed by atoms with Crippen LogP contribution in [-0.2, 0) is 38.4 Å². The number of hydrogen-bond acceptors (Lipinski definition) is 6. The second-order valence-electron chi connectivity index (χ2n) is 10.7. The van der Waals surface area contributed by atoms with Crippen LogP contribution in [0.2, 0.25) is 0 Å². The van der Waals surface area contributed by atoms with E-state index in [9.17, 15) is 13.2 Å². The third kappa shape index (κ3) is 9.82. The Kier molecular flexibility index (Phi) is 12.2. The van der Waals surface area contributed by atoms with E-state index in [-0.39, 0.29) is 30.7 Å². The minimum absolute atomic E-state index is 0.0913. The largest absolute Gasteiger partial charge is 0.468 e. The molecule has 0 spiro atoms. The molecule has 2 unspecified atom stereocenters. The maximum Gasteiger partial charge on any atom is 0.468 e. The van der Waals surface area contributed by atoms with Crippen molar-refractivity contribution in [3.63, 3.8) is 0 Å². The zero-order valence-electron chi connectivity index (χ0n) is 24.8. The van der Waals surface area contributed by atoms with Gasteiger partial charge in [0.05, 0.1) is 31.6 Å². The highest BCUT2D eigenvalue weighted by molar-refractivity contribution is 5.84. The molecule has 4 rings (SSSR count). The minimum Gasteiger partial charge on any atom is -0.441 e. The Morgan fingerprint density at radius 2 is 1.50 bits per heavy atom. The Bertz CT molecular complexity index is 1370. The molecular formula is C33H37F3N4O4. The van der Waals surface area contributed by atoms with Crippen LogP contribution in [0, 0.1) is 11.8 Å². The summed E-state index contributed by atoms with van der Waals surface area (Å²) in [5.74, 6) is -1.70. The number of halogens is 3. The molecule has 0 aliphatic carbocycles. The highest BCUT2D eigenvalue weighted by Gasteiger charge is 2.48. The summed E-state index contributed by atoms with van der Waals surface area (Å²) in [6.45, 7) is 5.08. The number of hydrogen-bond donors (Lipinski definition) is 0. The van der Waals surface area contributed by atoms with Crippen molar-refractivity contribution in [2.75, 3.05) is 19.8 Å². The molecule has 0 N–H and O–H groups in total. The van der Waals surface area contributed by atoms with Crippen LogP contribution in [0.15, 0.2) is 95.0 Å². The third-order valence-electron chi connectivity index (χ3n) is 7.66. The topological polar surface area (TPSA) is 98.0 Å². The van der Waals surface area contributed by atoms with Gasteiger partial charge in [0.15, 0.2) is 0 Å². The first kappa shape index (κ1) is 33.0. The summed E-state index contributed by atoms with van der Waals surface area (Å²) in [6.07, 6.45) is -6.21. The summed E-state index contributed by atoms with van der Waals surface area (Å²) in [4.78, 5) is 6.53. The lowest BCUT2D eigenvalue weighted by Gasteiger charge is -2.44. The molecular weight excluding hydrogens is 573 g/mol. The van der Waals surface area contributed by atoms with Crippen molar-refractivity contribution in [3.05, 3.63) is 112 Å². The molecule has 3 aromatic carbocycles. The molecule has 0 amide bonds. The first-order chi connectivity index (χ1) is 21.2. The molecule has 11 heteroatoms. The van der Waals surface area contributed by atoms with E-state index < -0.39 is 30.6 Å². The lowest BCUT2D eigenvalue weighted by Crippen LogP contribution is -2.54. The van der Waals surface area contributed by atoms with Gasteiger partial charge in [0, 0.05) is 11.5 Å². The molecule has 1 saturated heterocycles. The van der Waals surface area contributed by atoms with Gasteiger partial charge in [-0.3, -0.25) is 0 Å². The zero-order valence-corrected chi connectivity index (χ0v) is 24.8. The van der Waals surface area contributed by atoms with Gasteiger partial charge in [-0.15, -0.1) is 0 Å². The Labute approximate surface area is 255 Å². The van der Waals surface area contributed by atoms with Crippen LogP contribution < -0.4 is 0 Å². The molecule has 1 aliphatic rings. The van der Waals surface area contributed by atoms with Crippen LogP contribution in [-0.4, -0.2) is 50.3 Å². The third-order valence-corrected chi connectivity index (χ3v) is 7.66. The van der Waals surface area contributed by atoms with Crippen LogP contribution in [0.5, 0.6) is 0 Å². The van der Waals surface area contributed by atoms with Gasteiger partial charge in [-0.1, -0.05) is 91.8 Å². The molecule has 234 valence electrons. The summed E-state index contributed by atoms with van der Waals surface area (Å²) in [5.41, 5.74) is 11.6. The van der Waals surface area contributed by atoms with Crippen LogP contribution in [0.3, 0.4) is 0 Å².